The van der Waals surface area contributed by atoms with Crippen molar-refractivity contribution in [1.82, 2.24) is 9.88 Å². The molecule has 0 spiro atoms. The van der Waals surface area contributed by atoms with E-state index < -0.39 is 12.0 Å². The molecule has 0 saturated carbocycles. The Morgan fingerprint density at radius 3 is 2.64 bits per heavy atom. The third-order valence-corrected chi connectivity index (χ3v) is 4.22. The first-order valence-electron chi connectivity index (χ1n) is 7.40. The standard InChI is InChI=1S/C15H20ClN3O3/c1-2-12(15(21)22)19-7-5-10(6-8-19)14(20)18-13-4-3-11(16)9-17-13/h3-4,9-10,12H,2,5-8H2,1H3,(H,21,22)(H,17,18,20)/t12-/m0/s1. The van der Waals surface area contributed by atoms with E-state index in [1.54, 1.807) is 12.1 Å². The number of carboxylic acids is 1. The summed E-state index contributed by atoms with van der Waals surface area (Å²) in [5.74, 6) is -0.498. The monoisotopic (exact) mass is 325 g/mol. The Labute approximate surface area is 134 Å². The molecule has 22 heavy (non-hydrogen) atoms. The second-order valence-electron chi connectivity index (χ2n) is 5.42. The van der Waals surface area contributed by atoms with Crippen molar-refractivity contribution in [2.24, 2.45) is 5.92 Å². The first-order chi connectivity index (χ1) is 10.5. The summed E-state index contributed by atoms with van der Waals surface area (Å²) < 4.78 is 0. The molecule has 1 atom stereocenters. The van der Waals surface area contributed by atoms with Crippen LogP contribution in [0.1, 0.15) is 26.2 Å². The molecule has 1 fully saturated rings. The van der Waals surface area contributed by atoms with Gasteiger partial charge in [0.25, 0.3) is 0 Å². The van der Waals surface area contributed by atoms with Crippen LogP contribution in [0.15, 0.2) is 18.3 Å². The lowest BCUT2D eigenvalue weighted by Gasteiger charge is -2.34. The van der Waals surface area contributed by atoms with Crippen molar-refractivity contribution in [2.75, 3.05) is 18.4 Å². The van der Waals surface area contributed by atoms with Gasteiger partial charge in [0, 0.05) is 12.1 Å². The van der Waals surface area contributed by atoms with Crippen molar-refractivity contribution in [1.29, 1.82) is 0 Å². The number of pyridine rings is 1. The minimum Gasteiger partial charge on any atom is -0.480 e. The number of nitrogens with one attached hydrogen (secondary N) is 1. The van der Waals surface area contributed by atoms with Crippen LogP contribution in [-0.2, 0) is 9.59 Å². The molecule has 0 aliphatic carbocycles. The number of hydrogen-bond acceptors (Lipinski definition) is 4. The number of amides is 1. The summed E-state index contributed by atoms with van der Waals surface area (Å²) >= 11 is 5.75. The molecule has 1 aromatic rings. The summed E-state index contributed by atoms with van der Waals surface area (Å²) in [6, 6.07) is 2.88. The van der Waals surface area contributed by atoms with E-state index in [-0.39, 0.29) is 11.8 Å². The first kappa shape index (κ1) is 16.7. The molecule has 0 radical (unpaired) electrons. The summed E-state index contributed by atoms with van der Waals surface area (Å²) in [5, 5.41) is 12.5. The number of likely N-dealkylation sites (tertiary alicyclic amines) is 1. The summed E-state index contributed by atoms with van der Waals surface area (Å²) in [5.41, 5.74) is 0. The number of anilines is 1. The lowest BCUT2D eigenvalue weighted by molar-refractivity contribution is -0.144. The van der Waals surface area contributed by atoms with Gasteiger partial charge in [0.2, 0.25) is 5.91 Å². The van der Waals surface area contributed by atoms with Crippen molar-refractivity contribution < 1.29 is 14.7 Å². The quantitative estimate of drug-likeness (QED) is 0.867. The second kappa shape index (κ2) is 7.56. The molecule has 120 valence electrons. The number of halogens is 1. The van der Waals surface area contributed by atoms with Crippen LogP contribution in [-0.4, -0.2) is 46.0 Å². The molecular weight excluding hydrogens is 306 g/mol. The predicted molar refractivity (Wildman–Crippen MR) is 83.9 cm³/mol. The Morgan fingerprint density at radius 2 is 2.14 bits per heavy atom. The molecular formula is C15H20ClN3O3. The zero-order valence-corrected chi connectivity index (χ0v) is 13.2. The van der Waals surface area contributed by atoms with Gasteiger partial charge in [-0.3, -0.25) is 14.5 Å². The van der Waals surface area contributed by atoms with Gasteiger partial charge in [-0.05, 0) is 44.5 Å². The Hall–Kier alpha value is -1.66. The number of piperidine rings is 1. The van der Waals surface area contributed by atoms with Crippen LogP contribution in [0, 0.1) is 5.92 Å². The molecule has 7 heteroatoms. The van der Waals surface area contributed by atoms with Crippen LogP contribution in [0.3, 0.4) is 0 Å². The smallest absolute Gasteiger partial charge is 0.320 e. The largest absolute Gasteiger partial charge is 0.480 e. The average molecular weight is 326 g/mol. The first-order valence-corrected chi connectivity index (χ1v) is 7.78. The van der Waals surface area contributed by atoms with Gasteiger partial charge in [-0.2, -0.15) is 0 Å². The molecule has 2 N–H and O–H groups in total. The van der Waals surface area contributed by atoms with Crippen LogP contribution in [0.25, 0.3) is 0 Å². The number of nitrogens with zero attached hydrogens (tertiary/aromatic N) is 2. The van der Waals surface area contributed by atoms with Gasteiger partial charge in [-0.1, -0.05) is 18.5 Å². The van der Waals surface area contributed by atoms with E-state index in [9.17, 15) is 14.7 Å². The minimum atomic E-state index is -0.796. The highest BCUT2D eigenvalue weighted by Gasteiger charge is 2.31. The SMILES string of the molecule is CC[C@@H](C(=O)O)N1CCC(C(=O)Nc2ccc(Cl)cn2)CC1. The van der Waals surface area contributed by atoms with Gasteiger partial charge in [0.1, 0.15) is 11.9 Å². The summed E-state index contributed by atoms with van der Waals surface area (Å²) in [4.78, 5) is 29.4. The molecule has 1 amide bonds. The third-order valence-electron chi connectivity index (χ3n) is 3.99. The van der Waals surface area contributed by atoms with Crippen LogP contribution < -0.4 is 5.32 Å². The van der Waals surface area contributed by atoms with E-state index in [0.717, 1.165) is 0 Å². The Bertz CT molecular complexity index is 527. The Balaban J connectivity index is 1.87. The van der Waals surface area contributed by atoms with Gasteiger partial charge in [0.05, 0.1) is 5.02 Å². The Morgan fingerprint density at radius 1 is 1.45 bits per heavy atom. The topological polar surface area (TPSA) is 82.5 Å². The molecule has 1 aliphatic heterocycles. The fourth-order valence-electron chi connectivity index (χ4n) is 2.74. The molecule has 1 aliphatic rings. The van der Waals surface area contributed by atoms with E-state index in [1.807, 2.05) is 11.8 Å². The van der Waals surface area contributed by atoms with E-state index in [2.05, 4.69) is 10.3 Å². The van der Waals surface area contributed by atoms with E-state index in [1.165, 1.54) is 6.20 Å². The van der Waals surface area contributed by atoms with Crippen LogP contribution in [0.5, 0.6) is 0 Å². The third kappa shape index (κ3) is 4.18. The number of carbonyl (C=O) groups is 2. The maximum Gasteiger partial charge on any atom is 0.320 e. The van der Waals surface area contributed by atoms with Crippen LogP contribution in [0.2, 0.25) is 5.02 Å². The molecule has 0 unspecified atom stereocenters. The summed E-state index contributed by atoms with van der Waals surface area (Å²) in [6.07, 6.45) is 3.37. The maximum absolute atomic E-state index is 12.2. The predicted octanol–water partition coefficient (Wildman–Crippen LogP) is 2.25. The number of aromatic nitrogens is 1. The normalized spacial score (nSPS) is 17.9. The van der Waals surface area contributed by atoms with Gasteiger partial charge in [0.15, 0.2) is 0 Å². The fourth-order valence-corrected chi connectivity index (χ4v) is 2.85. The summed E-state index contributed by atoms with van der Waals surface area (Å²) in [6.45, 7) is 3.11. The fraction of sp³-hybridized carbons (Fsp3) is 0.533. The van der Waals surface area contributed by atoms with Crippen LogP contribution in [0.4, 0.5) is 5.82 Å². The van der Waals surface area contributed by atoms with E-state index in [0.29, 0.717) is 43.2 Å². The Kier molecular flexibility index (Phi) is 5.74. The van der Waals surface area contributed by atoms with Crippen molar-refractivity contribution in [3.8, 4) is 0 Å². The minimum absolute atomic E-state index is 0.0714. The van der Waals surface area contributed by atoms with Gasteiger partial charge < -0.3 is 10.4 Å². The number of aliphatic carboxylic acids is 1. The van der Waals surface area contributed by atoms with Crippen molar-refractivity contribution in [3.05, 3.63) is 23.4 Å². The van der Waals surface area contributed by atoms with E-state index in [4.69, 9.17) is 11.6 Å². The van der Waals surface area contributed by atoms with Gasteiger partial charge in [-0.25, -0.2) is 4.98 Å². The summed E-state index contributed by atoms with van der Waals surface area (Å²) in [7, 11) is 0. The van der Waals surface area contributed by atoms with Gasteiger partial charge >= 0.3 is 5.97 Å². The average Bonchev–Trinajstić information content (AvgIpc) is 2.50. The number of rotatable bonds is 5. The zero-order chi connectivity index (χ0) is 16.1. The molecule has 0 aromatic carbocycles. The highest BCUT2D eigenvalue weighted by Crippen LogP contribution is 2.22. The number of carbonyl (C=O) groups excluding carboxylic acids is 1. The lowest BCUT2D eigenvalue weighted by Crippen LogP contribution is -2.46. The van der Waals surface area contributed by atoms with Crippen molar-refractivity contribution >= 4 is 29.3 Å². The highest BCUT2D eigenvalue weighted by atomic mass is 35.5. The molecule has 1 aromatic heterocycles. The molecule has 6 nitrogen and oxygen atoms in total. The van der Waals surface area contributed by atoms with Crippen molar-refractivity contribution in [2.45, 2.75) is 32.2 Å². The van der Waals surface area contributed by atoms with E-state index >= 15 is 0 Å². The maximum atomic E-state index is 12.2. The van der Waals surface area contributed by atoms with Crippen molar-refractivity contribution in [3.63, 3.8) is 0 Å². The molecule has 2 rings (SSSR count). The highest BCUT2D eigenvalue weighted by molar-refractivity contribution is 6.30. The lowest BCUT2D eigenvalue weighted by atomic mass is 9.94. The zero-order valence-electron chi connectivity index (χ0n) is 12.5. The van der Waals surface area contributed by atoms with Gasteiger partial charge in [-0.15, -0.1) is 0 Å². The van der Waals surface area contributed by atoms with Crippen LogP contribution >= 0.6 is 11.6 Å². The molecule has 1 saturated heterocycles. The second-order valence-corrected chi connectivity index (χ2v) is 5.86. The molecule has 2 heterocycles. The number of hydrogen-bond donors (Lipinski definition) is 2. The molecule has 0 bridgehead atoms. The number of carboxylic acid groups (broad SMARTS) is 1.